The molecule has 2 aromatic rings. The average molecular weight is 324 g/mol. The SMILES string of the molecule is CCc1cc2c(NC3CCOC3C3CC3)nc(Cl)nc2s1. The standard InChI is InChI=1S/C15H18ClN3OS/c1-2-9-7-10-13(18-15(16)19-14(10)21-9)17-11-5-6-20-12(11)8-3-4-8/h7-8,11-12H,2-6H2,1H3,(H,17,18,19). The molecule has 112 valence electrons. The molecule has 2 aliphatic rings. The van der Waals surface area contributed by atoms with Crippen LogP contribution in [0.4, 0.5) is 5.82 Å². The fraction of sp³-hybridized carbons (Fsp3) is 0.600. The Balaban J connectivity index is 1.67. The van der Waals surface area contributed by atoms with Crippen molar-refractivity contribution in [2.24, 2.45) is 5.92 Å². The van der Waals surface area contributed by atoms with Crippen molar-refractivity contribution in [2.75, 3.05) is 11.9 Å². The quantitative estimate of drug-likeness (QED) is 0.867. The lowest BCUT2D eigenvalue weighted by molar-refractivity contribution is 0.0898. The number of rotatable bonds is 4. The molecule has 3 heterocycles. The summed E-state index contributed by atoms with van der Waals surface area (Å²) in [6.07, 6.45) is 4.96. The van der Waals surface area contributed by atoms with Gasteiger partial charge in [-0.1, -0.05) is 6.92 Å². The first-order chi connectivity index (χ1) is 10.2. The van der Waals surface area contributed by atoms with Crippen molar-refractivity contribution >= 4 is 39.0 Å². The van der Waals surface area contributed by atoms with Crippen molar-refractivity contribution in [1.82, 2.24) is 9.97 Å². The molecule has 2 unspecified atom stereocenters. The number of nitrogens with one attached hydrogen (secondary N) is 1. The Kier molecular flexibility index (Phi) is 3.52. The van der Waals surface area contributed by atoms with Crippen molar-refractivity contribution in [2.45, 2.75) is 44.8 Å². The molecule has 2 aromatic heterocycles. The normalized spacial score (nSPS) is 25.6. The van der Waals surface area contributed by atoms with Gasteiger partial charge in [-0.25, -0.2) is 9.97 Å². The zero-order valence-electron chi connectivity index (χ0n) is 11.9. The van der Waals surface area contributed by atoms with Crippen LogP contribution in [-0.4, -0.2) is 28.7 Å². The van der Waals surface area contributed by atoms with E-state index in [2.05, 4.69) is 28.3 Å². The lowest BCUT2D eigenvalue weighted by Gasteiger charge is -2.20. The highest BCUT2D eigenvalue weighted by atomic mass is 35.5. The van der Waals surface area contributed by atoms with Crippen molar-refractivity contribution in [1.29, 1.82) is 0 Å². The molecule has 4 nitrogen and oxygen atoms in total. The molecule has 1 N–H and O–H groups in total. The highest BCUT2D eigenvalue weighted by Crippen LogP contribution is 2.40. The van der Waals surface area contributed by atoms with Crippen LogP contribution in [-0.2, 0) is 11.2 Å². The van der Waals surface area contributed by atoms with Gasteiger partial charge >= 0.3 is 0 Å². The first-order valence-electron chi connectivity index (χ1n) is 7.58. The summed E-state index contributed by atoms with van der Waals surface area (Å²) in [5.74, 6) is 1.59. The van der Waals surface area contributed by atoms with E-state index in [9.17, 15) is 0 Å². The second-order valence-corrected chi connectivity index (χ2v) is 7.29. The zero-order chi connectivity index (χ0) is 14.4. The number of ether oxygens (including phenoxy) is 1. The molecule has 0 spiro atoms. The monoisotopic (exact) mass is 323 g/mol. The van der Waals surface area contributed by atoms with E-state index >= 15 is 0 Å². The highest BCUT2D eigenvalue weighted by molar-refractivity contribution is 7.18. The summed E-state index contributed by atoms with van der Waals surface area (Å²) in [7, 11) is 0. The van der Waals surface area contributed by atoms with Crippen molar-refractivity contribution < 1.29 is 4.74 Å². The number of anilines is 1. The fourth-order valence-corrected chi connectivity index (χ4v) is 4.25. The third-order valence-electron chi connectivity index (χ3n) is 4.31. The summed E-state index contributed by atoms with van der Waals surface area (Å²) in [5, 5.41) is 4.98. The molecule has 0 aromatic carbocycles. The summed E-state index contributed by atoms with van der Waals surface area (Å²) < 4.78 is 5.89. The number of fused-ring (bicyclic) bond motifs is 1. The van der Waals surface area contributed by atoms with Gasteiger partial charge < -0.3 is 10.1 Å². The molecular formula is C15H18ClN3OS. The fourth-order valence-electron chi connectivity index (χ4n) is 3.06. The Labute approximate surface area is 132 Å². The third-order valence-corrected chi connectivity index (χ3v) is 5.65. The minimum absolute atomic E-state index is 0.316. The van der Waals surface area contributed by atoms with Crippen LogP contribution in [0.15, 0.2) is 6.07 Å². The van der Waals surface area contributed by atoms with Crippen molar-refractivity contribution in [3.8, 4) is 0 Å². The van der Waals surface area contributed by atoms with Crippen LogP contribution in [0.1, 0.15) is 31.1 Å². The molecule has 0 radical (unpaired) electrons. The molecule has 1 saturated carbocycles. The molecule has 21 heavy (non-hydrogen) atoms. The maximum absolute atomic E-state index is 6.09. The van der Waals surface area contributed by atoms with Crippen LogP contribution in [0.3, 0.4) is 0 Å². The van der Waals surface area contributed by atoms with E-state index in [4.69, 9.17) is 16.3 Å². The maximum Gasteiger partial charge on any atom is 0.225 e. The Bertz CT molecular complexity index is 670. The summed E-state index contributed by atoms with van der Waals surface area (Å²) in [4.78, 5) is 11.0. The average Bonchev–Trinajstić information content (AvgIpc) is 3.06. The van der Waals surface area contributed by atoms with Crippen molar-refractivity contribution in [3.05, 3.63) is 16.2 Å². The maximum atomic E-state index is 6.09. The topological polar surface area (TPSA) is 47.0 Å². The predicted octanol–water partition coefficient (Wildman–Crippen LogP) is 3.89. The summed E-state index contributed by atoms with van der Waals surface area (Å²) >= 11 is 7.78. The van der Waals surface area contributed by atoms with E-state index in [0.29, 0.717) is 17.4 Å². The van der Waals surface area contributed by atoms with Gasteiger partial charge in [-0.3, -0.25) is 0 Å². The number of nitrogens with zero attached hydrogens (tertiary/aromatic N) is 2. The minimum Gasteiger partial charge on any atom is -0.376 e. The summed E-state index contributed by atoms with van der Waals surface area (Å²) in [6.45, 7) is 2.99. The first-order valence-corrected chi connectivity index (χ1v) is 8.78. The minimum atomic E-state index is 0.316. The lowest BCUT2D eigenvalue weighted by atomic mass is 10.1. The van der Waals surface area contributed by atoms with Gasteiger partial charge in [0.05, 0.1) is 17.5 Å². The van der Waals surface area contributed by atoms with Crippen LogP contribution in [0.25, 0.3) is 10.2 Å². The number of hydrogen-bond donors (Lipinski definition) is 1. The van der Waals surface area contributed by atoms with Gasteiger partial charge in [0.1, 0.15) is 10.6 Å². The molecule has 4 rings (SSSR count). The summed E-state index contributed by atoms with van der Waals surface area (Å²) in [6, 6.07) is 2.53. The number of thiophene rings is 1. The lowest BCUT2D eigenvalue weighted by Crippen LogP contribution is -2.31. The van der Waals surface area contributed by atoms with E-state index in [1.54, 1.807) is 11.3 Å². The highest BCUT2D eigenvalue weighted by Gasteiger charge is 2.40. The number of aryl methyl sites for hydroxylation is 1. The first kappa shape index (κ1) is 13.7. The van der Waals surface area contributed by atoms with E-state index in [-0.39, 0.29) is 0 Å². The van der Waals surface area contributed by atoms with Crippen LogP contribution in [0.2, 0.25) is 5.28 Å². The van der Waals surface area contributed by atoms with Crippen LogP contribution < -0.4 is 5.32 Å². The van der Waals surface area contributed by atoms with E-state index in [1.807, 2.05) is 0 Å². The second kappa shape index (κ2) is 5.38. The Morgan fingerprint density at radius 1 is 1.38 bits per heavy atom. The van der Waals surface area contributed by atoms with Gasteiger partial charge in [-0.2, -0.15) is 0 Å². The van der Waals surface area contributed by atoms with Gasteiger partial charge in [0, 0.05) is 11.5 Å². The van der Waals surface area contributed by atoms with Gasteiger partial charge in [0.2, 0.25) is 5.28 Å². The molecule has 2 fully saturated rings. The Hall–Kier alpha value is -0.910. The Morgan fingerprint density at radius 2 is 2.24 bits per heavy atom. The molecule has 2 atom stereocenters. The van der Waals surface area contributed by atoms with Gasteiger partial charge in [-0.15, -0.1) is 11.3 Å². The van der Waals surface area contributed by atoms with Gasteiger partial charge in [0.15, 0.2) is 0 Å². The zero-order valence-corrected chi connectivity index (χ0v) is 13.5. The molecule has 0 bridgehead atoms. The molecule has 1 aliphatic heterocycles. The van der Waals surface area contributed by atoms with E-state index < -0.39 is 0 Å². The molecular weight excluding hydrogens is 306 g/mol. The van der Waals surface area contributed by atoms with Gasteiger partial charge in [-0.05, 0) is 49.3 Å². The third kappa shape index (κ3) is 2.62. The molecule has 6 heteroatoms. The van der Waals surface area contributed by atoms with Gasteiger partial charge in [0.25, 0.3) is 0 Å². The smallest absolute Gasteiger partial charge is 0.225 e. The molecule has 0 amide bonds. The molecule has 1 aliphatic carbocycles. The van der Waals surface area contributed by atoms with Crippen LogP contribution in [0, 0.1) is 5.92 Å². The Morgan fingerprint density at radius 3 is 3.00 bits per heavy atom. The number of aromatic nitrogens is 2. The van der Waals surface area contributed by atoms with Crippen LogP contribution >= 0.6 is 22.9 Å². The molecule has 1 saturated heterocycles. The number of halogens is 1. The second-order valence-electron chi connectivity index (χ2n) is 5.84. The van der Waals surface area contributed by atoms with E-state index in [1.165, 1.54) is 17.7 Å². The summed E-state index contributed by atoms with van der Waals surface area (Å²) in [5.41, 5.74) is 0. The largest absolute Gasteiger partial charge is 0.376 e. The van der Waals surface area contributed by atoms with E-state index in [0.717, 1.165) is 41.4 Å². The number of hydrogen-bond acceptors (Lipinski definition) is 5. The van der Waals surface area contributed by atoms with Crippen molar-refractivity contribution in [3.63, 3.8) is 0 Å². The predicted molar refractivity (Wildman–Crippen MR) is 86.3 cm³/mol. The van der Waals surface area contributed by atoms with Crippen LogP contribution in [0.5, 0.6) is 0 Å².